The summed E-state index contributed by atoms with van der Waals surface area (Å²) < 4.78 is 2.50. The molecule has 5 heteroatoms. The highest BCUT2D eigenvalue weighted by Crippen LogP contribution is 2.06. The molecule has 2 rings (SSSR count). The molecule has 0 aliphatic carbocycles. The lowest BCUT2D eigenvalue weighted by Crippen LogP contribution is -2.24. The number of hydrogen-bond donors (Lipinski definition) is 2. The minimum absolute atomic E-state index is 0.157. The van der Waals surface area contributed by atoms with E-state index in [1.807, 2.05) is 30.7 Å². The summed E-state index contributed by atoms with van der Waals surface area (Å²) >= 11 is 5.07. The Morgan fingerprint density at radius 3 is 2.83 bits per heavy atom. The number of carbonyl (C=O) groups excluding carboxylic acids is 1. The second kappa shape index (κ2) is 5.18. The Bertz CT molecular complexity index is 627. The highest BCUT2D eigenvalue weighted by molar-refractivity contribution is 7.71. The van der Waals surface area contributed by atoms with E-state index < -0.39 is 0 Å². The van der Waals surface area contributed by atoms with Gasteiger partial charge in [-0.2, -0.15) is 0 Å². The van der Waals surface area contributed by atoms with Crippen LogP contribution in [-0.2, 0) is 13.6 Å². The number of H-pyrrole nitrogens is 1. The van der Waals surface area contributed by atoms with Gasteiger partial charge in [-0.25, -0.2) is 0 Å². The number of aryl methyl sites for hydroxylation is 1. The number of hydrogen-bond acceptors (Lipinski definition) is 2. The summed E-state index contributed by atoms with van der Waals surface area (Å²) in [6, 6.07) is 7.50. The molecule has 0 unspecified atom stereocenters. The molecule has 1 amide bonds. The molecule has 0 radical (unpaired) electrons. The third kappa shape index (κ3) is 2.51. The molecule has 4 nitrogen and oxygen atoms in total. The van der Waals surface area contributed by atoms with Crippen LogP contribution in [0.1, 0.15) is 21.7 Å². The summed E-state index contributed by atoms with van der Waals surface area (Å²) in [6.07, 6.45) is 1.71. The number of aromatic nitrogens is 2. The van der Waals surface area contributed by atoms with Crippen LogP contribution < -0.4 is 5.32 Å². The average Bonchev–Trinajstić information content (AvgIpc) is 2.68. The van der Waals surface area contributed by atoms with Crippen molar-refractivity contribution in [3.63, 3.8) is 0 Å². The predicted octanol–water partition coefficient (Wildman–Crippen LogP) is 2.32. The van der Waals surface area contributed by atoms with Gasteiger partial charge in [0, 0.05) is 24.6 Å². The van der Waals surface area contributed by atoms with Gasteiger partial charge < -0.3 is 14.9 Å². The van der Waals surface area contributed by atoms with Crippen molar-refractivity contribution in [2.75, 3.05) is 0 Å². The number of pyridine rings is 1. The summed E-state index contributed by atoms with van der Waals surface area (Å²) in [7, 11) is 1.98. The molecule has 0 aliphatic rings. The lowest BCUT2D eigenvalue weighted by atomic mass is 10.2. The van der Waals surface area contributed by atoms with Gasteiger partial charge in [0.05, 0.1) is 12.1 Å². The molecule has 2 N–H and O–H groups in total. The van der Waals surface area contributed by atoms with E-state index in [2.05, 4.69) is 10.3 Å². The first-order valence-corrected chi connectivity index (χ1v) is 6.07. The van der Waals surface area contributed by atoms with Gasteiger partial charge in [0.15, 0.2) is 0 Å². The van der Waals surface area contributed by atoms with Crippen LogP contribution in [0.15, 0.2) is 30.5 Å². The van der Waals surface area contributed by atoms with Crippen molar-refractivity contribution in [2.24, 2.45) is 7.05 Å². The zero-order chi connectivity index (χ0) is 13.1. The third-order valence-electron chi connectivity index (χ3n) is 2.97. The quantitative estimate of drug-likeness (QED) is 0.833. The van der Waals surface area contributed by atoms with E-state index >= 15 is 0 Å². The fourth-order valence-electron chi connectivity index (χ4n) is 1.71. The maximum Gasteiger partial charge on any atom is 0.254 e. The van der Waals surface area contributed by atoms with Gasteiger partial charge in [0.1, 0.15) is 4.64 Å². The number of amides is 1. The molecule has 0 saturated carbocycles. The topological polar surface area (TPSA) is 49.8 Å². The monoisotopic (exact) mass is 261 g/mol. The highest BCUT2D eigenvalue weighted by Gasteiger charge is 2.08. The molecule has 0 spiro atoms. The largest absolute Gasteiger partial charge is 0.352 e. The molecule has 0 aromatic carbocycles. The average molecular weight is 261 g/mol. The Labute approximate surface area is 111 Å². The normalized spacial score (nSPS) is 10.3. The molecule has 0 atom stereocenters. The van der Waals surface area contributed by atoms with Crippen molar-refractivity contribution in [2.45, 2.75) is 13.5 Å². The SMILES string of the molecule is Cc1ccc(CNC(=O)c2ccc[nH]c2=S)n1C. The van der Waals surface area contributed by atoms with Gasteiger partial charge in [0.25, 0.3) is 5.91 Å². The van der Waals surface area contributed by atoms with Crippen molar-refractivity contribution in [3.8, 4) is 0 Å². The summed E-state index contributed by atoms with van der Waals surface area (Å²) in [5.41, 5.74) is 2.72. The molecule has 0 saturated heterocycles. The number of nitrogens with one attached hydrogen (secondary N) is 2. The van der Waals surface area contributed by atoms with E-state index in [1.54, 1.807) is 18.3 Å². The lowest BCUT2D eigenvalue weighted by Gasteiger charge is -2.07. The summed E-state index contributed by atoms with van der Waals surface area (Å²) in [5.74, 6) is -0.157. The molecule has 0 fully saturated rings. The predicted molar refractivity (Wildman–Crippen MR) is 72.9 cm³/mol. The van der Waals surface area contributed by atoms with Crippen molar-refractivity contribution in [1.82, 2.24) is 14.9 Å². The molecule has 2 heterocycles. The van der Waals surface area contributed by atoms with E-state index in [1.165, 1.54) is 0 Å². The van der Waals surface area contributed by atoms with Crippen LogP contribution in [0.3, 0.4) is 0 Å². The first-order chi connectivity index (χ1) is 8.59. The molecule has 18 heavy (non-hydrogen) atoms. The van der Waals surface area contributed by atoms with Crippen LogP contribution in [0.2, 0.25) is 0 Å². The van der Waals surface area contributed by atoms with Crippen LogP contribution in [0.4, 0.5) is 0 Å². The van der Waals surface area contributed by atoms with E-state index in [-0.39, 0.29) is 5.91 Å². The van der Waals surface area contributed by atoms with Gasteiger partial charge >= 0.3 is 0 Å². The third-order valence-corrected chi connectivity index (χ3v) is 3.31. The summed E-state index contributed by atoms with van der Waals surface area (Å²) in [4.78, 5) is 14.8. The Balaban J connectivity index is 2.08. The molecule has 0 aliphatic heterocycles. The number of rotatable bonds is 3. The Morgan fingerprint density at radius 2 is 2.22 bits per heavy atom. The molecule has 0 bridgehead atoms. The van der Waals surface area contributed by atoms with E-state index in [0.717, 1.165) is 11.4 Å². The second-order valence-corrected chi connectivity index (χ2v) is 4.53. The minimum atomic E-state index is -0.157. The molecule has 2 aromatic heterocycles. The van der Waals surface area contributed by atoms with Crippen LogP contribution >= 0.6 is 12.2 Å². The van der Waals surface area contributed by atoms with Crippen LogP contribution in [-0.4, -0.2) is 15.5 Å². The first-order valence-electron chi connectivity index (χ1n) is 5.66. The standard InChI is InChI=1S/C13H15N3OS/c1-9-5-6-10(16(9)2)8-15-12(17)11-4-3-7-14-13(11)18/h3-7H,8H2,1-2H3,(H,14,18)(H,15,17). The molecular weight excluding hydrogens is 246 g/mol. The Kier molecular flexibility index (Phi) is 3.62. The Morgan fingerprint density at radius 1 is 1.44 bits per heavy atom. The second-order valence-electron chi connectivity index (χ2n) is 4.12. The zero-order valence-corrected chi connectivity index (χ0v) is 11.2. The molecule has 94 valence electrons. The first kappa shape index (κ1) is 12.6. The van der Waals surface area contributed by atoms with Crippen LogP contribution in [0.5, 0.6) is 0 Å². The van der Waals surface area contributed by atoms with E-state index in [9.17, 15) is 4.79 Å². The van der Waals surface area contributed by atoms with Crippen molar-refractivity contribution in [1.29, 1.82) is 0 Å². The van der Waals surface area contributed by atoms with Gasteiger partial charge in [-0.15, -0.1) is 0 Å². The minimum Gasteiger partial charge on any atom is -0.352 e. The van der Waals surface area contributed by atoms with Gasteiger partial charge in [0.2, 0.25) is 0 Å². The molecule has 2 aromatic rings. The van der Waals surface area contributed by atoms with E-state index in [0.29, 0.717) is 16.7 Å². The fourth-order valence-corrected chi connectivity index (χ4v) is 1.94. The van der Waals surface area contributed by atoms with Crippen LogP contribution in [0.25, 0.3) is 0 Å². The number of nitrogens with zero attached hydrogens (tertiary/aromatic N) is 1. The zero-order valence-electron chi connectivity index (χ0n) is 10.4. The van der Waals surface area contributed by atoms with Gasteiger partial charge in [-0.05, 0) is 31.2 Å². The van der Waals surface area contributed by atoms with Gasteiger partial charge in [-0.3, -0.25) is 4.79 Å². The highest BCUT2D eigenvalue weighted by atomic mass is 32.1. The van der Waals surface area contributed by atoms with Crippen molar-refractivity contribution in [3.05, 3.63) is 52.1 Å². The molecular formula is C13H15N3OS. The summed E-state index contributed by atoms with van der Waals surface area (Å²) in [5, 5.41) is 2.86. The van der Waals surface area contributed by atoms with Crippen LogP contribution in [0, 0.1) is 11.6 Å². The Hall–Kier alpha value is -1.88. The maximum absolute atomic E-state index is 11.9. The maximum atomic E-state index is 11.9. The number of aromatic amines is 1. The fraction of sp³-hybridized carbons (Fsp3) is 0.231. The lowest BCUT2D eigenvalue weighted by molar-refractivity contribution is 0.0949. The van der Waals surface area contributed by atoms with E-state index in [4.69, 9.17) is 12.2 Å². The van der Waals surface area contributed by atoms with Crippen molar-refractivity contribution >= 4 is 18.1 Å². The summed E-state index contributed by atoms with van der Waals surface area (Å²) in [6.45, 7) is 2.52. The number of carbonyl (C=O) groups is 1. The van der Waals surface area contributed by atoms with Gasteiger partial charge in [-0.1, -0.05) is 12.2 Å². The smallest absolute Gasteiger partial charge is 0.254 e. The van der Waals surface area contributed by atoms with Crippen molar-refractivity contribution < 1.29 is 4.79 Å².